The first kappa shape index (κ1) is 28.2. The Morgan fingerprint density at radius 1 is 0.878 bits per heavy atom. The van der Waals surface area contributed by atoms with Crippen molar-refractivity contribution in [1.82, 2.24) is 24.8 Å². The number of likely N-dealkylation sites (N-methyl/N-ethyl adjacent to an activating group) is 1. The molecule has 0 amide bonds. The van der Waals surface area contributed by atoms with Crippen LogP contribution in [0.4, 0.5) is 5.82 Å². The maximum absolute atomic E-state index is 12.1. The molecule has 11 heteroatoms. The lowest BCUT2D eigenvalue weighted by molar-refractivity contribution is -0.152. The summed E-state index contributed by atoms with van der Waals surface area (Å²) in [6, 6.07) is 9.36. The number of rotatable bonds is 8. The van der Waals surface area contributed by atoms with Crippen LogP contribution in [0.2, 0.25) is 10.0 Å². The van der Waals surface area contributed by atoms with Gasteiger partial charge < -0.3 is 19.3 Å². The van der Waals surface area contributed by atoms with Gasteiger partial charge in [0.25, 0.3) is 0 Å². The Hall–Kier alpha value is -2.98. The van der Waals surface area contributed by atoms with Crippen LogP contribution in [0.25, 0.3) is 11.3 Å². The number of pyridine rings is 1. The number of aromatic nitrogens is 3. The highest BCUT2D eigenvalue weighted by atomic mass is 35.5. The van der Waals surface area contributed by atoms with Gasteiger partial charge in [0.1, 0.15) is 11.9 Å². The first-order valence-electron chi connectivity index (χ1n) is 14.2. The zero-order chi connectivity index (χ0) is 28.3. The molecule has 216 valence electrons. The molecule has 0 unspecified atom stereocenters. The van der Waals surface area contributed by atoms with Gasteiger partial charge in [-0.25, -0.2) is 15.0 Å². The van der Waals surface area contributed by atoms with Crippen LogP contribution in [-0.2, 0) is 16.1 Å². The number of carbonyl (C=O) groups is 1. The molecule has 41 heavy (non-hydrogen) atoms. The Morgan fingerprint density at radius 3 is 2.27 bits per heavy atom. The quantitative estimate of drug-likeness (QED) is 0.321. The van der Waals surface area contributed by atoms with Crippen molar-refractivity contribution in [2.24, 2.45) is 5.92 Å². The highest BCUT2D eigenvalue weighted by Gasteiger charge is 2.33. The predicted octanol–water partition coefficient (Wildman–Crippen LogP) is 5.31. The van der Waals surface area contributed by atoms with Gasteiger partial charge in [-0.05, 0) is 62.6 Å². The second-order valence-electron chi connectivity index (χ2n) is 11.1. The van der Waals surface area contributed by atoms with Gasteiger partial charge in [0, 0.05) is 67.5 Å². The third kappa shape index (κ3) is 7.46. The van der Waals surface area contributed by atoms with Crippen molar-refractivity contribution < 1.29 is 14.3 Å². The number of anilines is 1. The fourth-order valence-electron chi connectivity index (χ4n) is 5.24. The zero-order valence-corrected chi connectivity index (χ0v) is 24.7. The number of halogens is 2. The molecule has 2 saturated heterocycles. The zero-order valence-electron chi connectivity index (χ0n) is 23.1. The van der Waals surface area contributed by atoms with Crippen molar-refractivity contribution in [1.29, 1.82) is 0 Å². The molecule has 0 atom stereocenters. The van der Waals surface area contributed by atoms with Crippen molar-refractivity contribution in [3.63, 3.8) is 0 Å². The number of ether oxygens (including phenoxy) is 2. The van der Waals surface area contributed by atoms with Gasteiger partial charge in [0.05, 0.1) is 24.0 Å². The molecule has 0 N–H and O–H groups in total. The van der Waals surface area contributed by atoms with Crippen LogP contribution >= 0.6 is 23.2 Å². The van der Waals surface area contributed by atoms with E-state index >= 15 is 0 Å². The number of nitrogens with zero attached hydrogens (tertiary/aromatic N) is 6. The van der Waals surface area contributed by atoms with Gasteiger partial charge in [0.2, 0.25) is 11.8 Å². The monoisotopic (exact) mass is 596 g/mol. The molecule has 1 aliphatic carbocycles. The smallest absolute Gasteiger partial charge is 0.309 e. The Morgan fingerprint density at radius 2 is 1.61 bits per heavy atom. The molecule has 0 spiro atoms. The topological polar surface area (TPSA) is 83.9 Å². The first-order valence-corrected chi connectivity index (χ1v) is 15.0. The Balaban J connectivity index is 1.17. The van der Waals surface area contributed by atoms with Gasteiger partial charge in [-0.3, -0.25) is 9.69 Å². The van der Waals surface area contributed by atoms with Crippen molar-refractivity contribution >= 4 is 35.0 Å². The number of piperidine rings is 1. The summed E-state index contributed by atoms with van der Waals surface area (Å²) < 4.78 is 11.8. The average molecular weight is 598 g/mol. The van der Waals surface area contributed by atoms with Crippen LogP contribution < -0.4 is 9.64 Å². The summed E-state index contributed by atoms with van der Waals surface area (Å²) in [5.41, 5.74) is 2.55. The number of piperazine rings is 1. The number of likely N-dealkylation sites (tertiary alicyclic amines) is 1. The van der Waals surface area contributed by atoms with Crippen molar-refractivity contribution in [2.45, 2.75) is 38.3 Å². The lowest BCUT2D eigenvalue weighted by Crippen LogP contribution is -2.44. The second-order valence-corrected chi connectivity index (χ2v) is 12.0. The Kier molecular flexibility index (Phi) is 8.57. The number of hydrogen-bond acceptors (Lipinski definition) is 9. The van der Waals surface area contributed by atoms with Crippen molar-refractivity contribution in [3.8, 4) is 23.0 Å². The van der Waals surface area contributed by atoms with Crippen LogP contribution in [-0.4, -0.2) is 83.1 Å². The molecular formula is C30H34Cl2N6O3. The van der Waals surface area contributed by atoms with E-state index in [4.69, 9.17) is 37.7 Å². The van der Waals surface area contributed by atoms with E-state index in [1.54, 1.807) is 18.5 Å². The molecule has 4 heterocycles. The van der Waals surface area contributed by atoms with E-state index < -0.39 is 0 Å². The molecule has 2 aliphatic heterocycles. The van der Waals surface area contributed by atoms with Gasteiger partial charge in [-0.15, -0.1) is 0 Å². The molecule has 6 rings (SSSR count). The summed E-state index contributed by atoms with van der Waals surface area (Å²) in [4.78, 5) is 32.8. The summed E-state index contributed by atoms with van der Waals surface area (Å²) in [6.45, 7) is 6.22. The molecule has 2 aromatic heterocycles. The van der Waals surface area contributed by atoms with E-state index in [0.29, 0.717) is 34.0 Å². The standard InChI is InChI=1S/C30H34Cl2N6O3/c1-36-8-10-38(11-9-36)27-17-34-29(18-33-27)41-28-13-20(12-26(35-28)22-14-23(31)16-24(32)15-22)19-37-6-4-25(5-7-37)40-30(39)21-2-3-21/h12-18,21,25H,2-11,19H2,1H3. The summed E-state index contributed by atoms with van der Waals surface area (Å²) >= 11 is 12.6. The van der Waals surface area contributed by atoms with Crippen LogP contribution in [0.1, 0.15) is 31.2 Å². The summed E-state index contributed by atoms with van der Waals surface area (Å²) in [7, 11) is 2.13. The number of esters is 1. The SMILES string of the molecule is CN1CCN(c2cnc(Oc3cc(CN4CCC(OC(=O)C5CC5)CC4)cc(-c4cc(Cl)cc(Cl)c4)n3)cn2)CC1. The second kappa shape index (κ2) is 12.5. The highest BCUT2D eigenvalue weighted by molar-refractivity contribution is 6.35. The number of carbonyl (C=O) groups excluding carboxylic acids is 1. The molecule has 0 radical (unpaired) electrons. The molecule has 1 saturated carbocycles. The Labute approximate surface area is 250 Å². The van der Waals surface area contributed by atoms with Crippen molar-refractivity contribution in [3.05, 3.63) is 58.3 Å². The molecule has 3 aromatic rings. The predicted molar refractivity (Wildman–Crippen MR) is 159 cm³/mol. The molecular weight excluding hydrogens is 563 g/mol. The van der Waals surface area contributed by atoms with Crippen LogP contribution in [0.5, 0.6) is 11.8 Å². The van der Waals surface area contributed by atoms with E-state index in [1.807, 2.05) is 24.3 Å². The third-order valence-electron chi connectivity index (χ3n) is 7.81. The van der Waals surface area contributed by atoms with E-state index in [1.165, 1.54) is 0 Å². The molecule has 3 aliphatic rings. The van der Waals surface area contributed by atoms with E-state index in [0.717, 1.165) is 81.9 Å². The van der Waals surface area contributed by atoms with Crippen LogP contribution in [0.15, 0.2) is 42.7 Å². The first-order chi connectivity index (χ1) is 19.9. The molecule has 0 bridgehead atoms. The van der Waals surface area contributed by atoms with Gasteiger partial charge in [0.15, 0.2) is 0 Å². The molecule has 9 nitrogen and oxygen atoms in total. The largest absolute Gasteiger partial charge is 0.462 e. The lowest BCUT2D eigenvalue weighted by Gasteiger charge is -2.32. The van der Waals surface area contributed by atoms with Crippen molar-refractivity contribution in [2.75, 3.05) is 51.2 Å². The Bertz CT molecular complexity index is 1350. The van der Waals surface area contributed by atoms with Gasteiger partial charge in [-0.2, -0.15) is 0 Å². The highest BCUT2D eigenvalue weighted by Crippen LogP contribution is 2.32. The average Bonchev–Trinajstić information content (AvgIpc) is 3.81. The van der Waals surface area contributed by atoms with Gasteiger partial charge >= 0.3 is 5.97 Å². The summed E-state index contributed by atoms with van der Waals surface area (Å²) in [6.07, 6.45) is 7.01. The minimum Gasteiger partial charge on any atom is -0.462 e. The minimum atomic E-state index is -0.0242. The van der Waals surface area contributed by atoms with Crippen LogP contribution in [0.3, 0.4) is 0 Å². The maximum atomic E-state index is 12.1. The molecule has 1 aromatic carbocycles. The van der Waals surface area contributed by atoms with Crippen LogP contribution in [0, 0.1) is 5.92 Å². The maximum Gasteiger partial charge on any atom is 0.309 e. The third-order valence-corrected chi connectivity index (χ3v) is 8.24. The fraction of sp³-hybridized carbons (Fsp3) is 0.467. The minimum absolute atomic E-state index is 0.00670. The lowest BCUT2D eigenvalue weighted by atomic mass is 10.1. The summed E-state index contributed by atoms with van der Waals surface area (Å²) in [5.74, 6) is 1.75. The molecule has 3 fully saturated rings. The normalized spacial score (nSPS) is 18.9. The van der Waals surface area contributed by atoms with E-state index in [2.05, 4.69) is 31.7 Å². The summed E-state index contributed by atoms with van der Waals surface area (Å²) in [5, 5.41) is 1.07. The van der Waals surface area contributed by atoms with Gasteiger partial charge in [-0.1, -0.05) is 23.2 Å². The fourth-order valence-corrected chi connectivity index (χ4v) is 5.77. The number of hydrogen-bond donors (Lipinski definition) is 0. The van der Waals surface area contributed by atoms with E-state index in [-0.39, 0.29) is 18.0 Å². The van der Waals surface area contributed by atoms with E-state index in [9.17, 15) is 4.79 Å². The number of benzene rings is 1.